The molecule has 2 radical (unpaired) electrons. The minimum Gasteiger partial charge on any atom is -0.335 e. The Hall–Kier alpha value is -1.24. The molecular formula is C9H7N. The fourth-order valence-electron chi connectivity index (χ4n) is 1.02. The van der Waals surface area contributed by atoms with E-state index in [2.05, 4.69) is 18.4 Å². The predicted octanol–water partition coefficient (Wildman–Crippen LogP) is 1.43. The molecule has 0 saturated heterocycles. The van der Waals surface area contributed by atoms with Crippen LogP contribution in [-0.2, 0) is 0 Å². The molecule has 0 atom stereocenters. The van der Waals surface area contributed by atoms with Gasteiger partial charge in [-0.3, -0.25) is 0 Å². The van der Waals surface area contributed by atoms with Crippen LogP contribution in [0, 0.1) is 12.3 Å². The summed E-state index contributed by atoms with van der Waals surface area (Å²) in [6, 6.07) is 0. The monoisotopic (exact) mass is 129 g/mol. The maximum Gasteiger partial charge on any atom is 0.0655 e. The molecule has 0 aromatic heterocycles. The summed E-state index contributed by atoms with van der Waals surface area (Å²) >= 11 is 0. The average Bonchev–Trinajstić information content (AvgIpc) is 2.05. The molecule has 0 amide bonds. The van der Waals surface area contributed by atoms with Gasteiger partial charge in [-0.15, -0.1) is 0 Å². The minimum absolute atomic E-state index is 0.920. The van der Waals surface area contributed by atoms with Crippen LogP contribution in [0.25, 0.3) is 0 Å². The number of rotatable bonds is 0. The third kappa shape index (κ3) is 0.798. The topological polar surface area (TPSA) is 3.24 Å². The number of fused-ring (bicyclic) bond motifs is 1. The van der Waals surface area contributed by atoms with Crippen LogP contribution in [0.2, 0.25) is 0 Å². The molecule has 10 heavy (non-hydrogen) atoms. The number of allylic oxidation sites excluding steroid dienone is 5. The van der Waals surface area contributed by atoms with E-state index in [1.807, 2.05) is 29.2 Å². The van der Waals surface area contributed by atoms with E-state index in [1.54, 1.807) is 0 Å². The molecule has 0 aromatic carbocycles. The Morgan fingerprint density at radius 3 is 3.30 bits per heavy atom. The first-order chi connectivity index (χ1) is 4.97. The van der Waals surface area contributed by atoms with Crippen LogP contribution in [0.1, 0.15) is 0 Å². The summed E-state index contributed by atoms with van der Waals surface area (Å²) in [4.78, 5) is 2.03. The van der Waals surface area contributed by atoms with Gasteiger partial charge in [0.2, 0.25) is 0 Å². The van der Waals surface area contributed by atoms with Gasteiger partial charge in [-0.1, -0.05) is 18.2 Å². The van der Waals surface area contributed by atoms with E-state index in [4.69, 9.17) is 0 Å². The third-order valence-electron chi connectivity index (χ3n) is 1.51. The van der Waals surface area contributed by atoms with Gasteiger partial charge >= 0.3 is 0 Å². The van der Waals surface area contributed by atoms with Gasteiger partial charge in [0.15, 0.2) is 0 Å². The summed E-state index contributed by atoms with van der Waals surface area (Å²) in [6.07, 6.45) is 16.1. The van der Waals surface area contributed by atoms with Crippen LogP contribution >= 0.6 is 0 Å². The molecule has 2 rings (SSSR count). The molecule has 0 spiro atoms. The van der Waals surface area contributed by atoms with E-state index in [0.717, 1.165) is 12.2 Å². The van der Waals surface area contributed by atoms with E-state index in [0.29, 0.717) is 0 Å². The SMILES string of the molecule is [C]1=CC=[C]N2CC=CC=C12. The normalized spacial score (nSPS) is 20.8. The van der Waals surface area contributed by atoms with Gasteiger partial charge < -0.3 is 4.90 Å². The number of nitrogens with zero attached hydrogens (tertiary/aromatic N) is 1. The molecule has 1 nitrogen and oxygen atoms in total. The summed E-state index contributed by atoms with van der Waals surface area (Å²) in [5.41, 5.74) is 1.10. The molecule has 0 aliphatic carbocycles. The molecule has 0 fully saturated rings. The van der Waals surface area contributed by atoms with Gasteiger partial charge in [-0.2, -0.15) is 0 Å². The first-order valence-corrected chi connectivity index (χ1v) is 3.29. The maximum atomic E-state index is 3.11. The highest BCUT2D eigenvalue weighted by Gasteiger charge is 2.06. The van der Waals surface area contributed by atoms with Crippen LogP contribution in [0.15, 0.2) is 36.1 Å². The van der Waals surface area contributed by atoms with Crippen molar-refractivity contribution < 1.29 is 0 Å². The summed E-state index contributed by atoms with van der Waals surface area (Å²) in [5, 5.41) is 0. The van der Waals surface area contributed by atoms with Gasteiger partial charge in [0.25, 0.3) is 0 Å². The molecule has 0 bridgehead atoms. The average molecular weight is 129 g/mol. The highest BCUT2D eigenvalue weighted by Crippen LogP contribution is 2.13. The summed E-state index contributed by atoms with van der Waals surface area (Å²) in [5.74, 6) is 0. The van der Waals surface area contributed by atoms with E-state index >= 15 is 0 Å². The van der Waals surface area contributed by atoms with E-state index in [9.17, 15) is 0 Å². The van der Waals surface area contributed by atoms with Gasteiger partial charge in [-0.25, -0.2) is 0 Å². The smallest absolute Gasteiger partial charge is 0.0655 e. The summed E-state index contributed by atoms with van der Waals surface area (Å²) < 4.78 is 0. The maximum absolute atomic E-state index is 3.11. The Balaban J connectivity index is 2.34. The van der Waals surface area contributed by atoms with Gasteiger partial charge in [-0.05, 0) is 12.2 Å². The van der Waals surface area contributed by atoms with Crippen molar-refractivity contribution in [2.24, 2.45) is 0 Å². The largest absolute Gasteiger partial charge is 0.335 e. The van der Waals surface area contributed by atoms with Crippen LogP contribution in [0.4, 0.5) is 0 Å². The van der Waals surface area contributed by atoms with Crippen molar-refractivity contribution in [3.63, 3.8) is 0 Å². The van der Waals surface area contributed by atoms with Gasteiger partial charge in [0, 0.05) is 18.3 Å². The third-order valence-corrected chi connectivity index (χ3v) is 1.51. The van der Waals surface area contributed by atoms with E-state index in [-0.39, 0.29) is 0 Å². The molecule has 2 heterocycles. The highest BCUT2D eigenvalue weighted by atomic mass is 15.1. The molecule has 0 saturated carbocycles. The Labute approximate surface area is 60.6 Å². The zero-order valence-electron chi connectivity index (χ0n) is 5.54. The second kappa shape index (κ2) is 2.18. The Bertz CT molecular complexity index is 243. The molecule has 2 aliphatic heterocycles. The van der Waals surface area contributed by atoms with Crippen LogP contribution in [0.5, 0.6) is 0 Å². The van der Waals surface area contributed by atoms with Crippen molar-refractivity contribution >= 4 is 0 Å². The highest BCUT2D eigenvalue weighted by molar-refractivity contribution is 5.28. The molecule has 0 N–H and O–H groups in total. The van der Waals surface area contributed by atoms with E-state index in [1.165, 1.54) is 0 Å². The summed E-state index contributed by atoms with van der Waals surface area (Å²) in [6.45, 7) is 0.920. The van der Waals surface area contributed by atoms with Crippen molar-refractivity contribution in [3.8, 4) is 0 Å². The van der Waals surface area contributed by atoms with Crippen LogP contribution in [-0.4, -0.2) is 11.4 Å². The van der Waals surface area contributed by atoms with Crippen molar-refractivity contribution in [1.82, 2.24) is 4.90 Å². The van der Waals surface area contributed by atoms with Crippen molar-refractivity contribution in [2.75, 3.05) is 6.54 Å². The number of hydrogen-bond acceptors (Lipinski definition) is 1. The van der Waals surface area contributed by atoms with Crippen molar-refractivity contribution in [2.45, 2.75) is 0 Å². The fourth-order valence-corrected chi connectivity index (χ4v) is 1.02. The number of hydrogen-bond donors (Lipinski definition) is 0. The van der Waals surface area contributed by atoms with Crippen molar-refractivity contribution in [1.29, 1.82) is 0 Å². The standard InChI is InChI=1S/C9H7N/c1-3-7-10-8-4-2-6-9(10)5-1/h1-5H,7H2. The Kier molecular flexibility index (Phi) is 1.21. The van der Waals surface area contributed by atoms with Gasteiger partial charge in [0.1, 0.15) is 0 Å². The minimum atomic E-state index is 0.920. The Morgan fingerprint density at radius 2 is 2.40 bits per heavy atom. The zero-order chi connectivity index (χ0) is 6.81. The van der Waals surface area contributed by atoms with Crippen molar-refractivity contribution in [3.05, 3.63) is 48.4 Å². The lowest BCUT2D eigenvalue weighted by Crippen LogP contribution is -2.19. The second-order valence-electron chi connectivity index (χ2n) is 2.20. The second-order valence-corrected chi connectivity index (χ2v) is 2.20. The van der Waals surface area contributed by atoms with Crippen LogP contribution < -0.4 is 0 Å². The molecule has 1 heteroatoms. The lowest BCUT2D eigenvalue weighted by molar-refractivity contribution is 0.497. The quantitative estimate of drug-likeness (QED) is 0.478. The lowest BCUT2D eigenvalue weighted by atomic mass is 10.2. The van der Waals surface area contributed by atoms with E-state index < -0.39 is 0 Å². The molecule has 0 aromatic rings. The first-order valence-electron chi connectivity index (χ1n) is 3.29. The first kappa shape index (κ1) is 5.54. The molecular weight excluding hydrogens is 122 g/mol. The predicted molar refractivity (Wildman–Crippen MR) is 39.6 cm³/mol. The molecule has 2 aliphatic rings. The Morgan fingerprint density at radius 1 is 1.40 bits per heavy atom. The molecule has 0 unspecified atom stereocenters. The zero-order valence-corrected chi connectivity index (χ0v) is 5.54. The van der Waals surface area contributed by atoms with Crippen LogP contribution in [0.3, 0.4) is 0 Å². The lowest BCUT2D eigenvalue weighted by Gasteiger charge is -2.22. The summed E-state index contributed by atoms with van der Waals surface area (Å²) in [7, 11) is 0. The molecule has 48 valence electrons. The van der Waals surface area contributed by atoms with Gasteiger partial charge in [0.05, 0.1) is 6.20 Å². The fraction of sp³-hybridized carbons (Fsp3) is 0.111.